The summed E-state index contributed by atoms with van der Waals surface area (Å²) in [6.07, 6.45) is 8.62. The Hall–Kier alpha value is -1.53. The number of rotatable bonds is 4. The summed E-state index contributed by atoms with van der Waals surface area (Å²) in [5, 5.41) is 4.81. The first-order chi connectivity index (χ1) is 10.3. The van der Waals surface area contributed by atoms with Crippen molar-refractivity contribution >= 4 is 12.2 Å². The van der Waals surface area contributed by atoms with Crippen molar-refractivity contribution < 1.29 is 0 Å². The minimum Gasteiger partial charge on any atom is -0.297 e. The van der Waals surface area contributed by atoms with Gasteiger partial charge in [0.15, 0.2) is 10.6 Å². The minimum absolute atomic E-state index is 0.535. The van der Waals surface area contributed by atoms with Crippen molar-refractivity contribution in [3.05, 3.63) is 29.3 Å². The quantitative estimate of drug-likeness (QED) is 0.814. The minimum atomic E-state index is 0.535. The first-order valence-electron chi connectivity index (χ1n) is 7.65. The highest BCUT2D eigenvalue weighted by molar-refractivity contribution is 7.71. The van der Waals surface area contributed by atoms with E-state index in [0.717, 1.165) is 35.9 Å². The molecule has 1 saturated carbocycles. The second-order valence-corrected chi connectivity index (χ2v) is 6.27. The highest BCUT2D eigenvalue weighted by Crippen LogP contribution is 2.38. The Labute approximate surface area is 129 Å². The van der Waals surface area contributed by atoms with Gasteiger partial charge >= 0.3 is 0 Å². The molecule has 0 unspecified atom stereocenters. The first-order valence-corrected chi connectivity index (χ1v) is 8.06. The lowest BCUT2D eigenvalue weighted by Gasteiger charge is -2.13. The van der Waals surface area contributed by atoms with E-state index in [-0.39, 0.29) is 0 Å². The van der Waals surface area contributed by atoms with Crippen LogP contribution in [0.15, 0.2) is 24.5 Å². The molecule has 3 heterocycles. The summed E-state index contributed by atoms with van der Waals surface area (Å²) in [6, 6.07) is 4.56. The third kappa shape index (κ3) is 2.53. The molecule has 2 aromatic rings. The number of likely N-dealkylation sites (tertiary alicyclic amines) is 1. The summed E-state index contributed by atoms with van der Waals surface area (Å²) in [4.78, 5) is 6.52. The Morgan fingerprint density at radius 1 is 1.14 bits per heavy atom. The van der Waals surface area contributed by atoms with E-state index in [1.54, 1.807) is 0 Å². The number of nitrogens with zero attached hydrogens (tertiary/aromatic N) is 5. The summed E-state index contributed by atoms with van der Waals surface area (Å²) in [7, 11) is 0. The lowest BCUT2D eigenvalue weighted by Crippen LogP contribution is -2.23. The van der Waals surface area contributed by atoms with Gasteiger partial charge in [0, 0.05) is 24.0 Å². The van der Waals surface area contributed by atoms with Crippen LogP contribution in [0.2, 0.25) is 0 Å². The average Bonchev–Trinajstić information content (AvgIpc) is 3.12. The highest BCUT2D eigenvalue weighted by Gasteiger charge is 2.29. The van der Waals surface area contributed by atoms with Crippen LogP contribution in [-0.4, -0.2) is 37.3 Å². The van der Waals surface area contributed by atoms with Crippen LogP contribution in [-0.2, 0) is 6.67 Å². The normalized spacial score (nSPS) is 19.2. The number of hydrogen-bond acceptors (Lipinski definition) is 4. The van der Waals surface area contributed by atoms with Crippen LogP contribution in [0.3, 0.4) is 0 Å². The van der Waals surface area contributed by atoms with Crippen molar-refractivity contribution in [3.63, 3.8) is 0 Å². The zero-order valence-electron chi connectivity index (χ0n) is 12.0. The van der Waals surface area contributed by atoms with E-state index in [4.69, 9.17) is 17.3 Å². The van der Waals surface area contributed by atoms with E-state index in [9.17, 15) is 0 Å². The van der Waals surface area contributed by atoms with Crippen LogP contribution in [0.4, 0.5) is 0 Å². The van der Waals surface area contributed by atoms with Gasteiger partial charge in [-0.1, -0.05) is 0 Å². The summed E-state index contributed by atoms with van der Waals surface area (Å²) in [5.41, 5.74) is 1.10. The molecule has 5 nitrogen and oxygen atoms in total. The fraction of sp³-hybridized carbons (Fsp3) is 0.533. The Morgan fingerprint density at radius 2 is 1.86 bits per heavy atom. The fourth-order valence-corrected chi connectivity index (χ4v) is 3.32. The topological polar surface area (TPSA) is 38.9 Å². The van der Waals surface area contributed by atoms with Crippen LogP contribution in [0.1, 0.15) is 31.7 Å². The first kappa shape index (κ1) is 13.2. The molecule has 21 heavy (non-hydrogen) atoms. The Morgan fingerprint density at radius 3 is 2.52 bits per heavy atom. The van der Waals surface area contributed by atoms with Crippen molar-refractivity contribution in [3.8, 4) is 11.4 Å². The predicted octanol–water partition coefficient (Wildman–Crippen LogP) is 2.86. The van der Waals surface area contributed by atoms with Crippen molar-refractivity contribution in [2.75, 3.05) is 13.1 Å². The van der Waals surface area contributed by atoms with Gasteiger partial charge in [0.2, 0.25) is 0 Å². The van der Waals surface area contributed by atoms with Gasteiger partial charge in [0.25, 0.3) is 0 Å². The number of pyridine rings is 1. The molecule has 2 aromatic heterocycles. The zero-order chi connectivity index (χ0) is 14.2. The van der Waals surface area contributed by atoms with E-state index in [0.29, 0.717) is 6.04 Å². The lowest BCUT2D eigenvalue weighted by atomic mass is 10.2. The molecule has 2 fully saturated rings. The Balaban J connectivity index is 1.73. The monoisotopic (exact) mass is 301 g/mol. The second-order valence-electron chi connectivity index (χ2n) is 5.91. The third-order valence-electron chi connectivity index (χ3n) is 4.25. The third-order valence-corrected chi connectivity index (χ3v) is 4.66. The number of aromatic nitrogens is 4. The van der Waals surface area contributed by atoms with Gasteiger partial charge in [0.1, 0.15) is 0 Å². The van der Waals surface area contributed by atoms with Crippen LogP contribution >= 0.6 is 12.2 Å². The van der Waals surface area contributed by atoms with Gasteiger partial charge in [-0.25, -0.2) is 4.68 Å². The second kappa shape index (κ2) is 5.35. The molecule has 0 radical (unpaired) electrons. The maximum absolute atomic E-state index is 5.68. The van der Waals surface area contributed by atoms with E-state index in [1.165, 1.54) is 25.7 Å². The van der Waals surface area contributed by atoms with Crippen LogP contribution in [0.25, 0.3) is 11.4 Å². The van der Waals surface area contributed by atoms with E-state index >= 15 is 0 Å². The van der Waals surface area contributed by atoms with Crippen molar-refractivity contribution in [1.82, 2.24) is 24.2 Å². The molecule has 0 N–H and O–H groups in total. The van der Waals surface area contributed by atoms with Gasteiger partial charge in [-0.3, -0.25) is 14.5 Å². The lowest BCUT2D eigenvalue weighted by molar-refractivity contribution is 0.253. The van der Waals surface area contributed by atoms with Crippen molar-refractivity contribution in [2.45, 2.75) is 38.4 Å². The van der Waals surface area contributed by atoms with Gasteiger partial charge in [-0.2, -0.15) is 5.10 Å². The molecule has 2 aliphatic rings. The largest absolute Gasteiger partial charge is 0.297 e. The molecule has 1 aliphatic carbocycles. The van der Waals surface area contributed by atoms with Gasteiger partial charge < -0.3 is 0 Å². The van der Waals surface area contributed by atoms with E-state index < -0.39 is 0 Å². The summed E-state index contributed by atoms with van der Waals surface area (Å²) < 4.78 is 5.09. The zero-order valence-corrected chi connectivity index (χ0v) is 12.8. The molecule has 4 rings (SSSR count). The molecular weight excluding hydrogens is 282 g/mol. The van der Waals surface area contributed by atoms with Crippen molar-refractivity contribution in [1.29, 1.82) is 0 Å². The molecule has 0 spiro atoms. The molecule has 0 bridgehead atoms. The SMILES string of the molecule is S=c1n(CN2CCCC2)nc(-c2ccncc2)n1C1CC1. The summed E-state index contributed by atoms with van der Waals surface area (Å²) in [5.74, 6) is 0.990. The smallest absolute Gasteiger partial charge is 0.199 e. The van der Waals surface area contributed by atoms with E-state index in [1.807, 2.05) is 29.2 Å². The Kier molecular flexibility index (Phi) is 3.35. The molecule has 1 aliphatic heterocycles. The van der Waals surface area contributed by atoms with Crippen LogP contribution in [0, 0.1) is 4.77 Å². The van der Waals surface area contributed by atoms with Crippen molar-refractivity contribution in [2.24, 2.45) is 0 Å². The fourth-order valence-electron chi connectivity index (χ4n) is 2.99. The summed E-state index contributed by atoms with van der Waals surface area (Å²) in [6.45, 7) is 3.13. The molecule has 0 atom stereocenters. The number of hydrogen-bond donors (Lipinski definition) is 0. The molecule has 1 saturated heterocycles. The van der Waals surface area contributed by atoms with Gasteiger partial charge in [-0.05, 0) is 63.1 Å². The molecular formula is C15H19N5S. The predicted molar refractivity (Wildman–Crippen MR) is 83.4 cm³/mol. The standard InChI is InChI=1S/C15H19N5S/c21-15-19(11-18-9-1-2-10-18)17-14(20(15)13-3-4-13)12-5-7-16-8-6-12/h5-8,13H,1-4,9-11H2. The molecule has 110 valence electrons. The van der Waals surface area contributed by atoms with Crippen LogP contribution in [0.5, 0.6) is 0 Å². The average molecular weight is 301 g/mol. The Bertz CT molecular complexity index is 680. The summed E-state index contributed by atoms with van der Waals surface area (Å²) >= 11 is 5.68. The van der Waals surface area contributed by atoms with E-state index in [2.05, 4.69) is 14.5 Å². The van der Waals surface area contributed by atoms with Gasteiger partial charge in [0.05, 0.1) is 6.67 Å². The molecule has 0 aromatic carbocycles. The van der Waals surface area contributed by atoms with Gasteiger partial charge in [-0.15, -0.1) is 0 Å². The molecule has 0 amide bonds. The highest BCUT2D eigenvalue weighted by atomic mass is 32.1. The molecule has 6 heteroatoms. The maximum Gasteiger partial charge on any atom is 0.199 e. The van der Waals surface area contributed by atoms with Crippen LogP contribution < -0.4 is 0 Å². The maximum atomic E-state index is 5.68.